The monoisotopic (exact) mass is 254 g/mol. The molecule has 18 heavy (non-hydrogen) atoms. The number of nitrogens with two attached hydrogens (primary N) is 1. The van der Waals surface area contributed by atoms with E-state index >= 15 is 0 Å². The molecule has 3 heteroatoms. The summed E-state index contributed by atoms with van der Waals surface area (Å²) in [6.07, 6.45) is 9.07. The van der Waals surface area contributed by atoms with E-state index in [1.165, 1.54) is 19.3 Å². The summed E-state index contributed by atoms with van der Waals surface area (Å²) in [7, 11) is 0. The molecule has 0 radical (unpaired) electrons. The van der Waals surface area contributed by atoms with Crippen molar-refractivity contribution in [2.45, 2.75) is 89.6 Å². The summed E-state index contributed by atoms with van der Waals surface area (Å²) < 4.78 is 0. The number of amides is 1. The van der Waals surface area contributed by atoms with Gasteiger partial charge in [-0.3, -0.25) is 4.79 Å². The standard InChI is InChI=1S/C15H30N2O/c1-4-15(5-2,6-3)17-13(18)12-14(16)10-8-7-9-11-14/h4-12,16H2,1-3H3,(H,17,18). The van der Waals surface area contributed by atoms with Crippen LogP contribution in [0.3, 0.4) is 0 Å². The second kappa shape index (κ2) is 6.55. The average Bonchev–Trinajstić information content (AvgIpc) is 2.36. The summed E-state index contributed by atoms with van der Waals surface area (Å²) in [5.41, 5.74) is 6.07. The van der Waals surface area contributed by atoms with Crippen molar-refractivity contribution in [2.24, 2.45) is 5.73 Å². The molecule has 0 aromatic carbocycles. The molecule has 1 aliphatic carbocycles. The largest absolute Gasteiger partial charge is 0.351 e. The maximum Gasteiger partial charge on any atom is 0.222 e. The molecule has 1 rings (SSSR count). The van der Waals surface area contributed by atoms with Crippen LogP contribution in [0.4, 0.5) is 0 Å². The molecule has 0 atom stereocenters. The van der Waals surface area contributed by atoms with Gasteiger partial charge >= 0.3 is 0 Å². The Labute approximate surface area is 112 Å². The highest BCUT2D eigenvalue weighted by molar-refractivity contribution is 5.78. The minimum Gasteiger partial charge on any atom is -0.351 e. The molecule has 0 aliphatic heterocycles. The van der Waals surface area contributed by atoms with Crippen LogP contribution in [-0.4, -0.2) is 17.0 Å². The van der Waals surface area contributed by atoms with E-state index in [0.29, 0.717) is 6.42 Å². The van der Waals surface area contributed by atoms with Gasteiger partial charge in [-0.15, -0.1) is 0 Å². The number of hydrogen-bond acceptors (Lipinski definition) is 2. The van der Waals surface area contributed by atoms with Gasteiger partial charge in [0.05, 0.1) is 0 Å². The molecule has 1 saturated carbocycles. The topological polar surface area (TPSA) is 55.1 Å². The second-order valence-corrected chi connectivity index (χ2v) is 5.99. The van der Waals surface area contributed by atoms with Crippen molar-refractivity contribution < 1.29 is 4.79 Å². The zero-order chi connectivity index (χ0) is 13.6. The smallest absolute Gasteiger partial charge is 0.222 e. The van der Waals surface area contributed by atoms with E-state index < -0.39 is 0 Å². The van der Waals surface area contributed by atoms with Gasteiger partial charge in [-0.25, -0.2) is 0 Å². The number of rotatable bonds is 6. The van der Waals surface area contributed by atoms with Crippen LogP contribution in [0.2, 0.25) is 0 Å². The second-order valence-electron chi connectivity index (χ2n) is 5.99. The Kier molecular flexibility index (Phi) is 5.64. The molecule has 0 unspecified atom stereocenters. The first-order chi connectivity index (χ1) is 8.49. The molecule has 0 heterocycles. The quantitative estimate of drug-likeness (QED) is 0.765. The number of carbonyl (C=O) groups excluding carboxylic acids is 1. The average molecular weight is 254 g/mol. The maximum absolute atomic E-state index is 12.2. The van der Waals surface area contributed by atoms with Gasteiger partial charge in [0.25, 0.3) is 0 Å². The molecule has 0 aromatic heterocycles. The lowest BCUT2D eigenvalue weighted by Crippen LogP contribution is -2.52. The molecule has 106 valence electrons. The van der Waals surface area contributed by atoms with Gasteiger partial charge in [0.15, 0.2) is 0 Å². The molecule has 0 spiro atoms. The Hall–Kier alpha value is -0.570. The van der Waals surface area contributed by atoms with E-state index in [2.05, 4.69) is 26.1 Å². The lowest BCUT2D eigenvalue weighted by atomic mass is 9.79. The van der Waals surface area contributed by atoms with Gasteiger partial charge in [0, 0.05) is 17.5 Å². The Morgan fingerprint density at radius 2 is 1.61 bits per heavy atom. The molecule has 0 bridgehead atoms. The van der Waals surface area contributed by atoms with Crippen molar-refractivity contribution in [1.82, 2.24) is 5.32 Å². The highest BCUT2D eigenvalue weighted by atomic mass is 16.1. The zero-order valence-electron chi connectivity index (χ0n) is 12.3. The summed E-state index contributed by atoms with van der Waals surface area (Å²) in [6, 6.07) is 0. The zero-order valence-corrected chi connectivity index (χ0v) is 12.3. The van der Waals surface area contributed by atoms with Crippen LogP contribution < -0.4 is 11.1 Å². The summed E-state index contributed by atoms with van der Waals surface area (Å²) in [4.78, 5) is 12.2. The van der Waals surface area contributed by atoms with E-state index in [4.69, 9.17) is 5.73 Å². The van der Waals surface area contributed by atoms with Gasteiger partial charge < -0.3 is 11.1 Å². The third-order valence-corrected chi connectivity index (χ3v) is 4.80. The molecule has 3 nitrogen and oxygen atoms in total. The Morgan fingerprint density at radius 3 is 2.06 bits per heavy atom. The fourth-order valence-electron chi connectivity index (χ4n) is 3.11. The summed E-state index contributed by atoms with van der Waals surface area (Å²) in [5.74, 6) is 0.143. The third kappa shape index (κ3) is 3.98. The van der Waals surface area contributed by atoms with Crippen molar-refractivity contribution in [3.05, 3.63) is 0 Å². The van der Waals surface area contributed by atoms with Gasteiger partial charge in [0.2, 0.25) is 5.91 Å². The van der Waals surface area contributed by atoms with Crippen LogP contribution in [0.25, 0.3) is 0 Å². The van der Waals surface area contributed by atoms with E-state index in [9.17, 15) is 4.79 Å². The first-order valence-corrected chi connectivity index (χ1v) is 7.59. The molecule has 3 N–H and O–H groups in total. The van der Waals surface area contributed by atoms with Crippen molar-refractivity contribution in [3.8, 4) is 0 Å². The molecular weight excluding hydrogens is 224 g/mol. The third-order valence-electron chi connectivity index (χ3n) is 4.80. The van der Waals surface area contributed by atoms with E-state index in [1.807, 2.05) is 0 Å². The van der Waals surface area contributed by atoms with E-state index in [1.54, 1.807) is 0 Å². The first-order valence-electron chi connectivity index (χ1n) is 7.59. The Morgan fingerprint density at radius 1 is 1.11 bits per heavy atom. The summed E-state index contributed by atoms with van der Waals surface area (Å²) in [5, 5.41) is 3.23. The molecular formula is C15H30N2O. The molecule has 0 saturated heterocycles. The summed E-state index contributed by atoms with van der Waals surface area (Å²) in [6.45, 7) is 6.43. The number of carbonyl (C=O) groups is 1. The molecule has 1 aliphatic rings. The highest BCUT2D eigenvalue weighted by Crippen LogP contribution is 2.29. The lowest BCUT2D eigenvalue weighted by molar-refractivity contribution is -0.124. The predicted octanol–water partition coefficient (Wildman–Crippen LogP) is 3.12. The first kappa shape index (κ1) is 15.5. The van der Waals surface area contributed by atoms with Crippen molar-refractivity contribution in [3.63, 3.8) is 0 Å². The minimum absolute atomic E-state index is 0.0257. The predicted molar refractivity (Wildman–Crippen MR) is 76.4 cm³/mol. The molecule has 1 fully saturated rings. The van der Waals surface area contributed by atoms with Gasteiger partial charge in [0.1, 0.15) is 0 Å². The van der Waals surface area contributed by atoms with Crippen LogP contribution >= 0.6 is 0 Å². The van der Waals surface area contributed by atoms with Crippen LogP contribution in [0, 0.1) is 0 Å². The number of nitrogens with one attached hydrogen (secondary N) is 1. The maximum atomic E-state index is 12.2. The van der Waals surface area contributed by atoms with Crippen LogP contribution in [-0.2, 0) is 4.79 Å². The van der Waals surface area contributed by atoms with Gasteiger partial charge in [-0.05, 0) is 32.1 Å². The van der Waals surface area contributed by atoms with Crippen LogP contribution in [0.1, 0.15) is 78.6 Å². The van der Waals surface area contributed by atoms with Gasteiger partial charge in [-0.1, -0.05) is 40.0 Å². The minimum atomic E-state index is -0.247. The van der Waals surface area contributed by atoms with Crippen molar-refractivity contribution >= 4 is 5.91 Å². The molecule has 1 amide bonds. The van der Waals surface area contributed by atoms with E-state index in [-0.39, 0.29) is 17.0 Å². The lowest BCUT2D eigenvalue weighted by Gasteiger charge is -2.36. The summed E-state index contributed by atoms with van der Waals surface area (Å²) >= 11 is 0. The Balaban J connectivity index is 2.54. The van der Waals surface area contributed by atoms with Crippen molar-refractivity contribution in [2.75, 3.05) is 0 Å². The van der Waals surface area contributed by atoms with E-state index in [0.717, 1.165) is 32.1 Å². The molecule has 0 aromatic rings. The fourth-order valence-corrected chi connectivity index (χ4v) is 3.11. The van der Waals surface area contributed by atoms with Crippen molar-refractivity contribution in [1.29, 1.82) is 0 Å². The number of hydrogen-bond donors (Lipinski definition) is 2. The normalized spacial score (nSPS) is 19.6. The van der Waals surface area contributed by atoms with Gasteiger partial charge in [-0.2, -0.15) is 0 Å². The highest BCUT2D eigenvalue weighted by Gasteiger charge is 2.33. The SMILES string of the molecule is CCC(CC)(CC)NC(=O)CC1(N)CCCCC1. The fraction of sp³-hybridized carbons (Fsp3) is 0.933. The van der Waals surface area contributed by atoms with Crippen LogP contribution in [0.15, 0.2) is 0 Å². The van der Waals surface area contributed by atoms with Crippen LogP contribution in [0.5, 0.6) is 0 Å². The Bertz CT molecular complexity index is 257.